The summed E-state index contributed by atoms with van der Waals surface area (Å²) in [7, 11) is 3.94. The summed E-state index contributed by atoms with van der Waals surface area (Å²) in [5.41, 5.74) is 0. The molecule has 0 saturated carbocycles. The maximum absolute atomic E-state index is 3.06. The molecule has 0 aliphatic carbocycles. The van der Waals surface area contributed by atoms with E-state index in [9.17, 15) is 0 Å². The molecule has 0 aromatic heterocycles. The molecule has 0 spiro atoms. The Kier molecular flexibility index (Phi) is 38.1. The molecule has 0 amide bonds. The molecule has 0 aromatic rings. The minimum Gasteiger partial charge on any atom is -0.320 e. The lowest BCUT2D eigenvalue weighted by Gasteiger charge is -1.95. The van der Waals surface area contributed by atoms with Crippen LogP contribution in [0.2, 0.25) is 0 Å². The molecular weight excluding hydrogens is 124 g/mol. The zero-order valence-electron chi connectivity index (χ0n) is 7.12. The van der Waals surface area contributed by atoms with Gasteiger partial charge in [-0.25, -0.2) is 0 Å². The largest absolute Gasteiger partial charge is 0.320 e. The SMILES string of the molecule is C.CC.CNCCCNC. The van der Waals surface area contributed by atoms with Gasteiger partial charge in [0.15, 0.2) is 0 Å². The molecule has 0 unspecified atom stereocenters. The Labute approximate surface area is 66.4 Å². The van der Waals surface area contributed by atoms with Crippen LogP contribution >= 0.6 is 0 Å². The van der Waals surface area contributed by atoms with E-state index in [1.54, 1.807) is 0 Å². The topological polar surface area (TPSA) is 24.1 Å². The average Bonchev–Trinajstić information content (AvgIpc) is 1.94. The van der Waals surface area contributed by atoms with Gasteiger partial charge in [-0.15, -0.1) is 0 Å². The van der Waals surface area contributed by atoms with Crippen molar-refractivity contribution in [3.8, 4) is 0 Å². The molecule has 2 N–H and O–H groups in total. The van der Waals surface area contributed by atoms with Crippen LogP contribution in [0.3, 0.4) is 0 Å². The molecule has 0 atom stereocenters. The van der Waals surface area contributed by atoms with Crippen LogP contribution < -0.4 is 10.6 Å². The Morgan fingerprint density at radius 3 is 1.40 bits per heavy atom. The van der Waals surface area contributed by atoms with E-state index in [4.69, 9.17) is 0 Å². The van der Waals surface area contributed by atoms with Crippen LogP contribution in [0.1, 0.15) is 27.7 Å². The van der Waals surface area contributed by atoms with Crippen molar-refractivity contribution in [2.45, 2.75) is 27.7 Å². The molecule has 2 nitrogen and oxygen atoms in total. The first kappa shape index (κ1) is 16.5. The molecule has 66 valence electrons. The van der Waals surface area contributed by atoms with E-state index in [0.29, 0.717) is 0 Å². The van der Waals surface area contributed by atoms with Gasteiger partial charge in [-0.3, -0.25) is 0 Å². The summed E-state index contributed by atoms with van der Waals surface area (Å²) in [5, 5.41) is 6.12. The quantitative estimate of drug-likeness (QED) is 0.590. The minimum absolute atomic E-state index is 0. The van der Waals surface area contributed by atoms with Crippen LogP contribution in [0.4, 0.5) is 0 Å². The highest BCUT2D eigenvalue weighted by Gasteiger charge is 1.77. The van der Waals surface area contributed by atoms with Gasteiger partial charge >= 0.3 is 0 Å². The molecule has 0 fully saturated rings. The van der Waals surface area contributed by atoms with Crippen LogP contribution in [0.15, 0.2) is 0 Å². The standard InChI is InChI=1S/C5H14N2.C2H6.CH4/c1-6-4-3-5-7-2;1-2;/h6-7H,3-5H2,1-2H3;1-2H3;1H4. The van der Waals surface area contributed by atoms with Crippen molar-refractivity contribution in [2.24, 2.45) is 0 Å². The molecule has 2 heteroatoms. The first-order valence-electron chi connectivity index (χ1n) is 3.71. The summed E-state index contributed by atoms with van der Waals surface area (Å²) in [6, 6.07) is 0. The third kappa shape index (κ3) is 24.7. The Hall–Kier alpha value is -0.0800. The first-order valence-corrected chi connectivity index (χ1v) is 3.71. The van der Waals surface area contributed by atoms with Crippen molar-refractivity contribution in [1.82, 2.24) is 10.6 Å². The Morgan fingerprint density at radius 2 is 1.20 bits per heavy atom. The Balaban J connectivity index is -0.000000149. The predicted molar refractivity (Wildman–Crippen MR) is 50.5 cm³/mol. The molecule has 0 bridgehead atoms. The summed E-state index contributed by atoms with van der Waals surface area (Å²) >= 11 is 0. The minimum atomic E-state index is 0. The van der Waals surface area contributed by atoms with Crippen LogP contribution in [0.25, 0.3) is 0 Å². The molecule has 0 rings (SSSR count). The van der Waals surface area contributed by atoms with Crippen molar-refractivity contribution >= 4 is 0 Å². The maximum atomic E-state index is 3.06. The van der Waals surface area contributed by atoms with Gasteiger partial charge in [0.2, 0.25) is 0 Å². The number of hydrogen-bond donors (Lipinski definition) is 2. The third-order valence-corrected chi connectivity index (χ3v) is 0.854. The summed E-state index contributed by atoms with van der Waals surface area (Å²) in [4.78, 5) is 0. The van der Waals surface area contributed by atoms with Gasteiger partial charge < -0.3 is 10.6 Å². The monoisotopic (exact) mass is 148 g/mol. The van der Waals surface area contributed by atoms with Crippen molar-refractivity contribution in [2.75, 3.05) is 27.2 Å². The van der Waals surface area contributed by atoms with Crippen molar-refractivity contribution in [1.29, 1.82) is 0 Å². The van der Waals surface area contributed by atoms with Crippen molar-refractivity contribution < 1.29 is 0 Å². The highest BCUT2D eigenvalue weighted by molar-refractivity contribution is 4.42. The molecule has 0 aliphatic heterocycles. The van der Waals surface area contributed by atoms with Gasteiger partial charge in [-0.1, -0.05) is 21.3 Å². The lowest BCUT2D eigenvalue weighted by molar-refractivity contribution is 0.676. The van der Waals surface area contributed by atoms with E-state index in [0.717, 1.165) is 13.1 Å². The fraction of sp³-hybridized carbons (Fsp3) is 1.00. The summed E-state index contributed by atoms with van der Waals surface area (Å²) in [6.45, 7) is 6.22. The Morgan fingerprint density at radius 1 is 0.900 bits per heavy atom. The normalized spacial score (nSPS) is 7.20. The molecule has 0 aliphatic rings. The van der Waals surface area contributed by atoms with Gasteiger partial charge in [-0.05, 0) is 33.6 Å². The van der Waals surface area contributed by atoms with Crippen molar-refractivity contribution in [3.63, 3.8) is 0 Å². The second-order valence-corrected chi connectivity index (χ2v) is 1.56. The van der Waals surface area contributed by atoms with Gasteiger partial charge in [0.1, 0.15) is 0 Å². The summed E-state index contributed by atoms with van der Waals surface area (Å²) in [5.74, 6) is 0. The average molecular weight is 148 g/mol. The highest BCUT2D eigenvalue weighted by Crippen LogP contribution is 1.66. The number of rotatable bonds is 4. The molecule has 0 heterocycles. The van der Waals surface area contributed by atoms with E-state index in [1.807, 2.05) is 27.9 Å². The Bertz CT molecular complexity index is 26.4. The summed E-state index contributed by atoms with van der Waals surface area (Å²) in [6.07, 6.45) is 1.22. The van der Waals surface area contributed by atoms with Crippen LogP contribution in [0, 0.1) is 0 Å². The molecule has 10 heavy (non-hydrogen) atoms. The fourth-order valence-corrected chi connectivity index (χ4v) is 0.442. The highest BCUT2D eigenvalue weighted by atomic mass is 14.8. The van der Waals surface area contributed by atoms with Crippen LogP contribution in [-0.4, -0.2) is 27.2 Å². The van der Waals surface area contributed by atoms with E-state index < -0.39 is 0 Å². The summed E-state index contributed by atoms with van der Waals surface area (Å²) < 4.78 is 0. The molecule has 0 radical (unpaired) electrons. The molecule has 0 aromatic carbocycles. The van der Waals surface area contributed by atoms with Gasteiger partial charge in [-0.2, -0.15) is 0 Å². The van der Waals surface area contributed by atoms with E-state index >= 15 is 0 Å². The van der Waals surface area contributed by atoms with Gasteiger partial charge in [0.05, 0.1) is 0 Å². The third-order valence-electron chi connectivity index (χ3n) is 0.854. The zero-order valence-corrected chi connectivity index (χ0v) is 7.12. The van der Waals surface area contributed by atoms with E-state index in [2.05, 4.69) is 10.6 Å². The second-order valence-electron chi connectivity index (χ2n) is 1.56. The van der Waals surface area contributed by atoms with Crippen LogP contribution in [-0.2, 0) is 0 Å². The van der Waals surface area contributed by atoms with Crippen molar-refractivity contribution in [3.05, 3.63) is 0 Å². The molecule has 0 saturated heterocycles. The van der Waals surface area contributed by atoms with Gasteiger partial charge in [0.25, 0.3) is 0 Å². The maximum Gasteiger partial charge on any atom is -0.00398 e. The van der Waals surface area contributed by atoms with Crippen LogP contribution in [0.5, 0.6) is 0 Å². The number of nitrogens with one attached hydrogen (secondary N) is 2. The smallest absolute Gasteiger partial charge is 0.00398 e. The number of hydrogen-bond acceptors (Lipinski definition) is 2. The van der Waals surface area contributed by atoms with E-state index in [-0.39, 0.29) is 7.43 Å². The van der Waals surface area contributed by atoms with E-state index in [1.165, 1.54) is 6.42 Å². The predicted octanol–water partition coefficient (Wildman–Crippen LogP) is 1.48. The zero-order chi connectivity index (χ0) is 7.54. The first-order chi connectivity index (χ1) is 4.41. The lowest BCUT2D eigenvalue weighted by atomic mass is 10.4. The van der Waals surface area contributed by atoms with Gasteiger partial charge in [0, 0.05) is 0 Å². The molecular formula is C8H24N2. The fourth-order valence-electron chi connectivity index (χ4n) is 0.442. The lowest BCUT2D eigenvalue weighted by Crippen LogP contribution is -2.15. The second kappa shape index (κ2) is 23.1.